The molecule has 1 fully saturated rings. The van der Waals surface area contributed by atoms with Crippen LogP contribution in [0.3, 0.4) is 0 Å². The quantitative estimate of drug-likeness (QED) is 0.837. The van der Waals surface area contributed by atoms with Gasteiger partial charge in [-0.2, -0.15) is 17.4 Å². The zero-order chi connectivity index (χ0) is 14.7. The van der Waals surface area contributed by atoms with Crippen LogP contribution in [-0.2, 0) is 14.9 Å². The normalized spacial score (nSPS) is 24.4. The van der Waals surface area contributed by atoms with E-state index < -0.39 is 10.2 Å². The van der Waals surface area contributed by atoms with Gasteiger partial charge >= 0.3 is 0 Å². The highest BCUT2D eigenvalue weighted by atomic mass is 32.2. The second-order valence-corrected chi connectivity index (χ2v) is 8.30. The largest absolute Gasteiger partial charge is 0.380 e. The molecule has 6 heteroatoms. The van der Waals surface area contributed by atoms with Crippen LogP contribution in [0.25, 0.3) is 0 Å². The SMILES string of the molecule is CO[C@H](CNS(=O)(=O)N1CCC[C@H](C)C1)C(C)(C)C. The van der Waals surface area contributed by atoms with E-state index in [-0.39, 0.29) is 11.5 Å². The number of rotatable bonds is 5. The molecule has 1 saturated heterocycles. The van der Waals surface area contributed by atoms with Gasteiger partial charge < -0.3 is 4.74 Å². The van der Waals surface area contributed by atoms with Crippen molar-refractivity contribution in [2.45, 2.75) is 46.6 Å². The van der Waals surface area contributed by atoms with Crippen LogP contribution in [-0.4, -0.2) is 45.6 Å². The van der Waals surface area contributed by atoms with Crippen LogP contribution < -0.4 is 4.72 Å². The van der Waals surface area contributed by atoms with Crippen LogP contribution in [0.2, 0.25) is 0 Å². The van der Waals surface area contributed by atoms with Crippen molar-refractivity contribution in [3.8, 4) is 0 Å². The summed E-state index contributed by atoms with van der Waals surface area (Å²) in [5.41, 5.74) is -0.0908. The summed E-state index contributed by atoms with van der Waals surface area (Å²) in [4.78, 5) is 0. The molecule has 1 aliphatic heterocycles. The van der Waals surface area contributed by atoms with Gasteiger partial charge in [-0.05, 0) is 24.2 Å². The van der Waals surface area contributed by atoms with Crippen molar-refractivity contribution in [1.29, 1.82) is 0 Å². The Morgan fingerprint density at radius 2 is 2.05 bits per heavy atom. The highest BCUT2D eigenvalue weighted by Gasteiger charge is 2.30. The van der Waals surface area contributed by atoms with E-state index in [0.717, 1.165) is 12.8 Å². The van der Waals surface area contributed by atoms with Crippen LogP contribution >= 0.6 is 0 Å². The minimum atomic E-state index is -3.38. The average Bonchev–Trinajstić information content (AvgIpc) is 2.27. The Morgan fingerprint density at radius 1 is 1.42 bits per heavy atom. The summed E-state index contributed by atoms with van der Waals surface area (Å²) in [6.45, 7) is 9.76. The second kappa shape index (κ2) is 6.52. The third kappa shape index (κ3) is 5.02. The lowest BCUT2D eigenvalue weighted by Gasteiger charge is -2.33. The third-order valence-electron chi connectivity index (χ3n) is 3.66. The summed E-state index contributed by atoms with van der Waals surface area (Å²) >= 11 is 0. The number of hydrogen-bond donors (Lipinski definition) is 1. The van der Waals surface area contributed by atoms with Gasteiger partial charge in [0.1, 0.15) is 0 Å². The Balaban J connectivity index is 2.59. The first-order valence-electron chi connectivity index (χ1n) is 6.94. The van der Waals surface area contributed by atoms with Crippen molar-refractivity contribution >= 4 is 10.2 Å². The number of nitrogens with zero attached hydrogens (tertiary/aromatic N) is 1. The summed E-state index contributed by atoms with van der Waals surface area (Å²) in [5, 5.41) is 0. The van der Waals surface area contributed by atoms with Crippen LogP contribution in [0.1, 0.15) is 40.5 Å². The molecule has 0 amide bonds. The molecule has 0 radical (unpaired) electrons. The average molecular weight is 292 g/mol. The van der Waals surface area contributed by atoms with Gasteiger partial charge in [-0.3, -0.25) is 0 Å². The molecule has 2 atom stereocenters. The molecule has 1 rings (SSSR count). The molecule has 0 saturated carbocycles. The molecule has 1 heterocycles. The number of methoxy groups -OCH3 is 1. The van der Waals surface area contributed by atoms with Gasteiger partial charge in [0.05, 0.1) is 6.10 Å². The van der Waals surface area contributed by atoms with Crippen molar-refractivity contribution in [3.05, 3.63) is 0 Å². The molecule has 0 aromatic carbocycles. The van der Waals surface area contributed by atoms with Crippen LogP contribution in [0, 0.1) is 11.3 Å². The Kier molecular flexibility index (Phi) is 5.79. The standard InChI is InChI=1S/C13H28N2O3S/c1-11-7-6-8-15(10-11)19(16,17)14-9-12(18-5)13(2,3)4/h11-12,14H,6-10H2,1-5H3/t11-,12+/m0/s1. The monoisotopic (exact) mass is 292 g/mol. The summed E-state index contributed by atoms with van der Waals surface area (Å²) < 4.78 is 34.1. The Hall–Kier alpha value is -0.170. The van der Waals surface area contributed by atoms with Crippen LogP contribution in [0.4, 0.5) is 0 Å². The van der Waals surface area contributed by atoms with Gasteiger partial charge in [-0.25, -0.2) is 0 Å². The van der Waals surface area contributed by atoms with Gasteiger partial charge in [0.2, 0.25) is 0 Å². The van der Waals surface area contributed by atoms with Crippen molar-refractivity contribution in [2.75, 3.05) is 26.7 Å². The van der Waals surface area contributed by atoms with Gasteiger partial charge in [0, 0.05) is 26.7 Å². The Labute approximate surface area is 117 Å². The Morgan fingerprint density at radius 3 is 2.53 bits per heavy atom. The first-order valence-corrected chi connectivity index (χ1v) is 8.38. The number of nitrogens with one attached hydrogen (secondary N) is 1. The van der Waals surface area contributed by atoms with E-state index in [0.29, 0.717) is 25.6 Å². The highest BCUT2D eigenvalue weighted by Crippen LogP contribution is 2.22. The minimum Gasteiger partial charge on any atom is -0.380 e. The minimum absolute atomic E-state index is 0.0908. The molecule has 19 heavy (non-hydrogen) atoms. The molecule has 0 unspecified atom stereocenters. The lowest BCUT2D eigenvalue weighted by atomic mass is 9.89. The molecule has 0 aromatic heterocycles. The second-order valence-electron chi connectivity index (χ2n) is 6.55. The lowest BCUT2D eigenvalue weighted by Crippen LogP contribution is -2.49. The first kappa shape index (κ1) is 16.9. The Bertz CT molecular complexity index is 376. The number of piperidine rings is 1. The molecule has 1 N–H and O–H groups in total. The number of ether oxygens (including phenoxy) is 1. The smallest absolute Gasteiger partial charge is 0.279 e. The molecule has 0 bridgehead atoms. The van der Waals surface area contributed by atoms with E-state index in [1.807, 2.05) is 20.8 Å². The molecule has 0 aromatic rings. The van der Waals surface area contributed by atoms with E-state index in [2.05, 4.69) is 11.6 Å². The molecular formula is C13H28N2O3S. The highest BCUT2D eigenvalue weighted by molar-refractivity contribution is 7.87. The van der Waals surface area contributed by atoms with E-state index in [4.69, 9.17) is 4.74 Å². The summed E-state index contributed by atoms with van der Waals surface area (Å²) in [7, 11) is -1.76. The zero-order valence-corrected chi connectivity index (χ0v) is 13.6. The molecule has 0 aliphatic carbocycles. The zero-order valence-electron chi connectivity index (χ0n) is 12.8. The van der Waals surface area contributed by atoms with Gasteiger partial charge in [0.25, 0.3) is 10.2 Å². The van der Waals surface area contributed by atoms with Gasteiger partial charge in [0.15, 0.2) is 0 Å². The fourth-order valence-corrected chi connectivity index (χ4v) is 3.74. The lowest BCUT2D eigenvalue weighted by molar-refractivity contribution is 0.0209. The third-order valence-corrected chi connectivity index (χ3v) is 5.20. The van der Waals surface area contributed by atoms with Crippen LogP contribution in [0.5, 0.6) is 0 Å². The maximum absolute atomic E-state index is 12.2. The maximum atomic E-state index is 12.2. The summed E-state index contributed by atoms with van der Waals surface area (Å²) in [6, 6.07) is 0. The molecule has 1 aliphatic rings. The van der Waals surface area contributed by atoms with Crippen molar-refractivity contribution < 1.29 is 13.2 Å². The topological polar surface area (TPSA) is 58.6 Å². The fourth-order valence-electron chi connectivity index (χ4n) is 2.38. The van der Waals surface area contributed by atoms with E-state index >= 15 is 0 Å². The van der Waals surface area contributed by atoms with E-state index in [9.17, 15) is 8.42 Å². The number of hydrogen-bond acceptors (Lipinski definition) is 3. The fraction of sp³-hybridized carbons (Fsp3) is 1.00. The van der Waals surface area contributed by atoms with Crippen molar-refractivity contribution in [2.24, 2.45) is 11.3 Å². The van der Waals surface area contributed by atoms with Gasteiger partial charge in [-0.15, -0.1) is 0 Å². The molecule has 114 valence electrons. The molecular weight excluding hydrogens is 264 g/mol. The first-order chi connectivity index (χ1) is 8.66. The summed E-state index contributed by atoms with van der Waals surface area (Å²) in [5.74, 6) is 0.436. The van der Waals surface area contributed by atoms with E-state index in [1.54, 1.807) is 11.4 Å². The predicted octanol–water partition coefficient (Wildman–Crippen LogP) is 1.61. The molecule has 0 spiro atoms. The van der Waals surface area contributed by atoms with Gasteiger partial charge in [-0.1, -0.05) is 27.7 Å². The molecule has 5 nitrogen and oxygen atoms in total. The van der Waals surface area contributed by atoms with Crippen molar-refractivity contribution in [3.63, 3.8) is 0 Å². The van der Waals surface area contributed by atoms with Crippen molar-refractivity contribution in [1.82, 2.24) is 9.03 Å². The van der Waals surface area contributed by atoms with E-state index in [1.165, 1.54) is 0 Å². The summed E-state index contributed by atoms with van der Waals surface area (Å²) in [6.07, 6.45) is 1.91. The van der Waals surface area contributed by atoms with Crippen LogP contribution in [0.15, 0.2) is 0 Å². The maximum Gasteiger partial charge on any atom is 0.279 e. The predicted molar refractivity (Wildman–Crippen MR) is 77.1 cm³/mol.